The van der Waals surface area contributed by atoms with Gasteiger partial charge >= 0.3 is 0 Å². The highest BCUT2D eigenvalue weighted by atomic mass is 79.9. The fourth-order valence-corrected chi connectivity index (χ4v) is 3.66. The van der Waals surface area contributed by atoms with Gasteiger partial charge in [-0.25, -0.2) is 0 Å². The third-order valence-corrected chi connectivity index (χ3v) is 5.06. The molecule has 0 saturated heterocycles. The van der Waals surface area contributed by atoms with Gasteiger partial charge in [-0.2, -0.15) is 4.37 Å². The minimum Gasteiger partial charge on any atom is -0.486 e. The van der Waals surface area contributed by atoms with Gasteiger partial charge in [-0.15, -0.1) is 11.3 Å². The minimum atomic E-state index is 0.621. The van der Waals surface area contributed by atoms with Gasteiger partial charge in [0.05, 0.1) is 14.2 Å². The van der Waals surface area contributed by atoms with Crippen LogP contribution in [0.25, 0.3) is 10.4 Å². The minimum absolute atomic E-state index is 0.621. The van der Waals surface area contributed by atoms with Crippen molar-refractivity contribution < 1.29 is 9.47 Å². The van der Waals surface area contributed by atoms with E-state index >= 15 is 0 Å². The van der Waals surface area contributed by atoms with Crippen molar-refractivity contribution in [1.82, 2.24) is 4.37 Å². The van der Waals surface area contributed by atoms with Crippen LogP contribution in [0.4, 0.5) is 0 Å². The van der Waals surface area contributed by atoms with E-state index in [2.05, 4.69) is 33.3 Å². The van der Waals surface area contributed by atoms with Crippen molar-refractivity contribution in [2.24, 2.45) is 0 Å². The number of methoxy groups -OCH3 is 2. The summed E-state index contributed by atoms with van der Waals surface area (Å²) >= 11 is 6.50. The Balaban J connectivity index is 2.57. The molecule has 0 unspecified atom stereocenters. The van der Waals surface area contributed by atoms with Gasteiger partial charge in [0.15, 0.2) is 0 Å². The molecule has 0 aromatic carbocycles. The Kier molecular flexibility index (Phi) is 3.51. The lowest BCUT2D eigenvalue weighted by Crippen LogP contribution is -1.86. The molecule has 86 valence electrons. The maximum Gasteiger partial charge on any atom is 0.237 e. The van der Waals surface area contributed by atoms with Crippen LogP contribution in [-0.2, 0) is 0 Å². The lowest BCUT2D eigenvalue weighted by atomic mass is 10.3. The largest absolute Gasteiger partial charge is 0.486 e. The number of aryl methyl sites for hydroxylation is 1. The Bertz CT molecular complexity index is 466. The van der Waals surface area contributed by atoms with Crippen LogP contribution in [-0.4, -0.2) is 18.6 Å². The lowest BCUT2D eigenvalue weighted by Gasteiger charge is -2.00. The Morgan fingerprint density at radius 1 is 1.31 bits per heavy atom. The zero-order valence-corrected chi connectivity index (χ0v) is 12.3. The van der Waals surface area contributed by atoms with Gasteiger partial charge in [0, 0.05) is 25.8 Å². The number of thiophene rings is 1. The number of aromatic nitrogens is 1. The van der Waals surface area contributed by atoms with Gasteiger partial charge in [0.1, 0.15) is 5.56 Å². The molecular weight excluding hydrogens is 310 g/mol. The average molecular weight is 320 g/mol. The third kappa shape index (κ3) is 1.97. The van der Waals surface area contributed by atoms with Crippen LogP contribution in [0.2, 0.25) is 0 Å². The molecular formula is C10H10BrNO2S2. The molecule has 0 fully saturated rings. The van der Waals surface area contributed by atoms with Gasteiger partial charge in [0.2, 0.25) is 10.9 Å². The molecule has 0 spiro atoms. The summed E-state index contributed by atoms with van der Waals surface area (Å²) in [6, 6.07) is 2.06. The van der Waals surface area contributed by atoms with Gasteiger partial charge in [-0.1, -0.05) is 0 Å². The van der Waals surface area contributed by atoms with E-state index in [4.69, 9.17) is 9.47 Å². The molecule has 0 aliphatic rings. The highest BCUT2D eigenvalue weighted by Gasteiger charge is 2.19. The molecule has 2 rings (SSSR count). The first kappa shape index (κ1) is 11.9. The molecule has 0 atom stereocenters. The molecule has 6 heteroatoms. The second kappa shape index (κ2) is 4.73. The van der Waals surface area contributed by atoms with Crippen molar-refractivity contribution in [2.45, 2.75) is 6.92 Å². The van der Waals surface area contributed by atoms with Crippen LogP contribution in [0.5, 0.6) is 10.9 Å². The maximum absolute atomic E-state index is 5.30. The number of hydrogen-bond donors (Lipinski definition) is 0. The summed E-state index contributed by atoms with van der Waals surface area (Å²) in [5, 5.41) is 0.783. The molecule has 0 saturated carbocycles. The SMILES string of the molecule is COc1nsc(OC)c1-c1cc(Br)c(C)s1. The number of ether oxygens (including phenoxy) is 2. The molecule has 0 bridgehead atoms. The van der Waals surface area contributed by atoms with Gasteiger partial charge in [-0.05, 0) is 28.9 Å². The van der Waals surface area contributed by atoms with Crippen molar-refractivity contribution in [2.75, 3.05) is 14.2 Å². The monoisotopic (exact) mass is 319 g/mol. The summed E-state index contributed by atoms with van der Waals surface area (Å²) in [4.78, 5) is 2.33. The fraction of sp³-hybridized carbons (Fsp3) is 0.300. The van der Waals surface area contributed by atoms with Crippen molar-refractivity contribution in [3.05, 3.63) is 15.4 Å². The molecule has 2 aromatic heterocycles. The molecule has 2 aromatic rings. The molecule has 2 heterocycles. The van der Waals surface area contributed by atoms with E-state index in [1.54, 1.807) is 25.6 Å². The van der Waals surface area contributed by atoms with Gasteiger partial charge in [-0.3, -0.25) is 0 Å². The van der Waals surface area contributed by atoms with E-state index in [1.165, 1.54) is 16.4 Å². The average Bonchev–Trinajstić information content (AvgIpc) is 2.82. The lowest BCUT2D eigenvalue weighted by molar-refractivity contribution is 0.398. The van der Waals surface area contributed by atoms with Crippen molar-refractivity contribution in [1.29, 1.82) is 0 Å². The van der Waals surface area contributed by atoms with Crippen LogP contribution >= 0.6 is 38.8 Å². The molecule has 3 nitrogen and oxygen atoms in total. The fourth-order valence-electron chi connectivity index (χ4n) is 1.33. The van der Waals surface area contributed by atoms with E-state index < -0.39 is 0 Å². The van der Waals surface area contributed by atoms with Crippen molar-refractivity contribution in [3.8, 4) is 21.4 Å². The molecule has 0 aliphatic heterocycles. The predicted octanol–water partition coefficient (Wildman–Crippen LogP) is 3.96. The molecule has 0 radical (unpaired) electrons. The van der Waals surface area contributed by atoms with Crippen molar-refractivity contribution in [3.63, 3.8) is 0 Å². The maximum atomic E-state index is 5.30. The summed E-state index contributed by atoms with van der Waals surface area (Å²) < 4.78 is 15.8. The molecule has 0 amide bonds. The Morgan fingerprint density at radius 2 is 2.06 bits per heavy atom. The molecule has 0 aliphatic carbocycles. The standard InChI is InChI=1S/C10H10BrNO2S2/c1-5-6(11)4-7(15-5)8-9(13-2)12-16-10(8)14-3/h4H,1-3H3. The molecule has 16 heavy (non-hydrogen) atoms. The summed E-state index contributed by atoms with van der Waals surface area (Å²) in [5.74, 6) is 0.621. The quantitative estimate of drug-likeness (QED) is 0.858. The van der Waals surface area contributed by atoms with Crippen molar-refractivity contribution >= 4 is 38.8 Å². The Hall–Kier alpha value is -0.590. The van der Waals surface area contributed by atoms with Crippen LogP contribution in [0.15, 0.2) is 10.5 Å². The first-order valence-corrected chi connectivity index (χ1v) is 6.89. The summed E-state index contributed by atoms with van der Waals surface area (Å²) in [5.41, 5.74) is 0.939. The zero-order valence-electron chi connectivity index (χ0n) is 9.04. The number of hydrogen-bond acceptors (Lipinski definition) is 5. The summed E-state index contributed by atoms with van der Waals surface area (Å²) in [7, 11) is 3.26. The van der Waals surface area contributed by atoms with Crippen LogP contribution < -0.4 is 9.47 Å². The van der Waals surface area contributed by atoms with Crippen LogP contribution in [0, 0.1) is 6.92 Å². The topological polar surface area (TPSA) is 31.4 Å². The van der Waals surface area contributed by atoms with E-state index in [1.807, 2.05) is 0 Å². The van der Waals surface area contributed by atoms with E-state index in [0.717, 1.165) is 20.0 Å². The van der Waals surface area contributed by atoms with E-state index in [0.29, 0.717) is 5.88 Å². The Labute approximate surface area is 110 Å². The third-order valence-electron chi connectivity index (χ3n) is 2.11. The van der Waals surface area contributed by atoms with E-state index in [-0.39, 0.29) is 0 Å². The number of halogens is 1. The van der Waals surface area contributed by atoms with Gasteiger partial charge in [0.25, 0.3) is 0 Å². The Morgan fingerprint density at radius 3 is 2.56 bits per heavy atom. The number of rotatable bonds is 3. The second-order valence-corrected chi connectivity index (χ2v) is 5.92. The highest BCUT2D eigenvalue weighted by Crippen LogP contribution is 2.45. The molecule has 0 N–H and O–H groups in total. The smallest absolute Gasteiger partial charge is 0.237 e. The first-order chi connectivity index (χ1) is 7.67. The normalized spacial score (nSPS) is 10.5. The zero-order chi connectivity index (χ0) is 11.7. The predicted molar refractivity (Wildman–Crippen MR) is 71.0 cm³/mol. The van der Waals surface area contributed by atoms with E-state index in [9.17, 15) is 0 Å². The second-order valence-electron chi connectivity index (χ2n) is 3.07. The highest BCUT2D eigenvalue weighted by molar-refractivity contribution is 9.10. The van der Waals surface area contributed by atoms with Crippen LogP contribution in [0.3, 0.4) is 0 Å². The van der Waals surface area contributed by atoms with Gasteiger partial charge < -0.3 is 9.47 Å². The van der Waals surface area contributed by atoms with Crippen LogP contribution in [0.1, 0.15) is 4.88 Å². The first-order valence-electron chi connectivity index (χ1n) is 4.51. The summed E-state index contributed by atoms with van der Waals surface area (Å²) in [6.45, 7) is 2.07. The number of nitrogens with zero attached hydrogens (tertiary/aromatic N) is 1. The summed E-state index contributed by atoms with van der Waals surface area (Å²) in [6.07, 6.45) is 0.